The maximum Gasteiger partial charge on any atom is 0.199 e. The third-order valence-electron chi connectivity index (χ3n) is 4.19. The summed E-state index contributed by atoms with van der Waals surface area (Å²) in [6.45, 7) is 0.378. The summed E-state index contributed by atoms with van der Waals surface area (Å²) in [7, 11) is 0. The smallest absolute Gasteiger partial charge is 0.199 e. The van der Waals surface area contributed by atoms with E-state index in [-0.39, 0.29) is 28.6 Å². The number of aliphatic hydroxyl groups excluding tert-OH is 2. The second-order valence-corrected chi connectivity index (χ2v) is 24.4. The Labute approximate surface area is 313 Å². The number of aliphatic hydroxyl groups is 2. The summed E-state index contributed by atoms with van der Waals surface area (Å²) in [5, 5.41) is 23.0. The Morgan fingerprint density at radius 1 is 0.512 bits per heavy atom. The standard InChI is InChI=1S/C24H44O6S13/c25-3-7-31-9-11-40-22(27)2-6-34-16-33-5-1-13-43(30)21-39-19-38-20-42-24(29)15-36-18-37-17-35-14-23(28)41-12-10-32-8-4-26/h25-26H,1-21H2. The average Bonchev–Trinajstić information content (AvgIpc) is 2.99. The molecular weight excluding hydrogens is 801 g/mol. The second-order valence-electron chi connectivity index (χ2n) is 7.71. The van der Waals surface area contributed by atoms with Gasteiger partial charge in [0.25, 0.3) is 0 Å². The summed E-state index contributed by atoms with van der Waals surface area (Å²) in [4.78, 5) is 35.6. The minimum absolute atomic E-state index is 0.185. The van der Waals surface area contributed by atoms with Crippen molar-refractivity contribution in [2.75, 3.05) is 107 Å². The molecule has 0 aliphatic carbocycles. The van der Waals surface area contributed by atoms with E-state index in [0.29, 0.717) is 23.0 Å². The Hall–Kier alpha value is 3.44. The largest absolute Gasteiger partial charge is 0.616 e. The van der Waals surface area contributed by atoms with Crippen LogP contribution in [0.25, 0.3) is 0 Å². The number of hydrogen-bond acceptors (Lipinski definition) is 18. The van der Waals surface area contributed by atoms with Crippen molar-refractivity contribution in [1.82, 2.24) is 0 Å². The topological polar surface area (TPSA) is 115 Å². The van der Waals surface area contributed by atoms with Crippen LogP contribution >= 0.6 is 141 Å². The molecule has 0 saturated heterocycles. The zero-order valence-electron chi connectivity index (χ0n) is 24.2. The van der Waals surface area contributed by atoms with E-state index in [1.807, 2.05) is 11.8 Å². The molecule has 0 amide bonds. The van der Waals surface area contributed by atoms with Crippen molar-refractivity contribution in [2.24, 2.45) is 0 Å². The Morgan fingerprint density at radius 2 is 1.05 bits per heavy atom. The molecule has 0 radical (unpaired) electrons. The first-order valence-electron chi connectivity index (χ1n) is 13.2. The zero-order valence-corrected chi connectivity index (χ0v) is 34.8. The lowest BCUT2D eigenvalue weighted by atomic mass is 10.5. The number of carbonyl (C=O) groups excluding carboxylic acids is 3. The summed E-state index contributed by atoms with van der Waals surface area (Å²) < 4.78 is 12.2. The first-order chi connectivity index (χ1) is 21.0. The van der Waals surface area contributed by atoms with Gasteiger partial charge in [-0.15, -0.1) is 47.0 Å². The predicted molar refractivity (Wildman–Crippen MR) is 220 cm³/mol. The molecule has 0 rings (SSSR count). The van der Waals surface area contributed by atoms with Crippen LogP contribution in [0.3, 0.4) is 0 Å². The van der Waals surface area contributed by atoms with Gasteiger partial charge < -0.3 is 14.8 Å². The molecule has 0 heterocycles. The number of carbonyl (C=O) groups is 3. The van der Waals surface area contributed by atoms with E-state index < -0.39 is 11.2 Å². The third kappa shape index (κ3) is 38.1. The first-order valence-corrected chi connectivity index (χ1v) is 28.1. The molecule has 0 aromatic heterocycles. The van der Waals surface area contributed by atoms with Crippen molar-refractivity contribution in [2.45, 2.75) is 12.8 Å². The van der Waals surface area contributed by atoms with Crippen molar-refractivity contribution >= 4 is 168 Å². The molecule has 1 unspecified atom stereocenters. The van der Waals surface area contributed by atoms with Crippen LogP contribution in [-0.4, -0.2) is 137 Å². The lowest BCUT2D eigenvalue weighted by Crippen LogP contribution is -2.09. The molecule has 0 fully saturated rings. The van der Waals surface area contributed by atoms with Gasteiger partial charge in [-0.25, -0.2) is 0 Å². The summed E-state index contributed by atoms with van der Waals surface area (Å²) in [5.41, 5.74) is 0. The van der Waals surface area contributed by atoms with E-state index >= 15 is 0 Å². The quantitative estimate of drug-likeness (QED) is 0.0419. The minimum atomic E-state index is -0.812. The molecular formula is C24H44O6S13. The summed E-state index contributed by atoms with van der Waals surface area (Å²) in [6, 6.07) is 0. The molecule has 0 bridgehead atoms. The van der Waals surface area contributed by atoms with Gasteiger partial charge in [0.15, 0.2) is 20.4 Å². The van der Waals surface area contributed by atoms with Crippen molar-refractivity contribution in [3.63, 3.8) is 0 Å². The minimum Gasteiger partial charge on any atom is -0.616 e. The summed E-state index contributed by atoms with van der Waals surface area (Å²) in [6.07, 6.45) is 1.54. The third-order valence-corrected chi connectivity index (χ3v) is 20.2. The summed E-state index contributed by atoms with van der Waals surface area (Å²) >= 11 is 18.6. The van der Waals surface area contributed by atoms with E-state index in [1.165, 1.54) is 35.3 Å². The maximum atomic E-state index is 12.2. The van der Waals surface area contributed by atoms with E-state index in [4.69, 9.17) is 10.2 Å². The molecule has 0 spiro atoms. The molecule has 254 valence electrons. The fourth-order valence-corrected chi connectivity index (χ4v) is 16.5. The second kappa shape index (κ2) is 38.2. The van der Waals surface area contributed by atoms with Crippen LogP contribution in [0.5, 0.6) is 0 Å². The van der Waals surface area contributed by atoms with Gasteiger partial charge in [-0.1, -0.05) is 47.0 Å². The van der Waals surface area contributed by atoms with Crippen LogP contribution < -0.4 is 0 Å². The van der Waals surface area contributed by atoms with Gasteiger partial charge in [-0.05, 0) is 16.9 Å². The number of rotatable bonds is 33. The fourth-order valence-electron chi connectivity index (χ4n) is 2.36. The van der Waals surface area contributed by atoms with Crippen molar-refractivity contribution in [3.05, 3.63) is 0 Å². The van der Waals surface area contributed by atoms with Gasteiger partial charge in [-0.2, -0.15) is 47.0 Å². The van der Waals surface area contributed by atoms with Gasteiger partial charge in [0.2, 0.25) is 0 Å². The monoisotopic (exact) mass is 844 g/mol. The molecule has 0 saturated carbocycles. The molecule has 6 nitrogen and oxygen atoms in total. The normalized spacial score (nSPS) is 12.1. The Balaban J connectivity index is 3.37. The highest BCUT2D eigenvalue weighted by atomic mass is 32.3. The van der Waals surface area contributed by atoms with Crippen molar-refractivity contribution in [1.29, 1.82) is 0 Å². The molecule has 0 aliphatic rings. The first kappa shape index (κ1) is 46.4. The molecule has 0 aromatic rings. The van der Waals surface area contributed by atoms with E-state index in [1.54, 1.807) is 94.1 Å². The highest BCUT2D eigenvalue weighted by Crippen LogP contribution is 2.24. The van der Waals surface area contributed by atoms with Crippen LogP contribution in [0.15, 0.2) is 0 Å². The zero-order chi connectivity index (χ0) is 31.6. The van der Waals surface area contributed by atoms with E-state index in [0.717, 1.165) is 83.6 Å². The lowest BCUT2D eigenvalue weighted by molar-refractivity contribution is -0.111. The molecule has 2 N–H and O–H groups in total. The van der Waals surface area contributed by atoms with Gasteiger partial charge in [0, 0.05) is 78.5 Å². The van der Waals surface area contributed by atoms with Crippen LogP contribution in [0.2, 0.25) is 0 Å². The van der Waals surface area contributed by atoms with Gasteiger partial charge >= 0.3 is 0 Å². The van der Waals surface area contributed by atoms with Crippen molar-refractivity contribution in [3.8, 4) is 0 Å². The Bertz CT molecular complexity index is 669. The highest BCUT2D eigenvalue weighted by molar-refractivity contribution is 8.29. The number of thioether (sulfide) groups is 12. The Kier molecular flexibility index (Phi) is 41.3. The highest BCUT2D eigenvalue weighted by Gasteiger charge is 2.08. The van der Waals surface area contributed by atoms with Crippen LogP contribution in [-0.2, 0) is 25.6 Å². The van der Waals surface area contributed by atoms with Gasteiger partial charge in [0.05, 0.1) is 24.7 Å². The van der Waals surface area contributed by atoms with Crippen LogP contribution in [0.1, 0.15) is 12.8 Å². The van der Waals surface area contributed by atoms with Crippen LogP contribution in [0.4, 0.5) is 0 Å². The SMILES string of the molecule is O=C(CCSCSCCC[S+]([O-])CSCSCSC(=O)CSCSCSCC(=O)SCCSCCO)SCCSCCO. The number of hydrogen-bond donors (Lipinski definition) is 2. The van der Waals surface area contributed by atoms with Gasteiger partial charge in [0.1, 0.15) is 5.75 Å². The fraction of sp³-hybridized carbons (Fsp3) is 0.875. The predicted octanol–water partition coefficient (Wildman–Crippen LogP) is 6.62. The van der Waals surface area contributed by atoms with Crippen LogP contribution in [0, 0.1) is 0 Å². The molecule has 19 heteroatoms. The van der Waals surface area contributed by atoms with E-state index in [9.17, 15) is 18.9 Å². The Morgan fingerprint density at radius 3 is 1.70 bits per heavy atom. The van der Waals surface area contributed by atoms with Gasteiger partial charge in [-0.3, -0.25) is 14.4 Å². The molecule has 0 aromatic carbocycles. The molecule has 1 atom stereocenters. The lowest BCUT2D eigenvalue weighted by Gasteiger charge is -2.10. The summed E-state index contributed by atoms with van der Waals surface area (Å²) in [5.74, 6) is 8.44. The van der Waals surface area contributed by atoms with E-state index in [2.05, 4.69) is 0 Å². The maximum absolute atomic E-state index is 12.2. The average molecular weight is 845 g/mol. The molecule has 43 heavy (non-hydrogen) atoms. The molecule has 0 aliphatic heterocycles. The van der Waals surface area contributed by atoms with Crippen molar-refractivity contribution < 1.29 is 29.1 Å².